The molecule has 1 aromatic rings. The minimum atomic E-state index is -1.06. The third-order valence-corrected chi connectivity index (χ3v) is 2.82. The molecule has 2 N–H and O–H groups in total. The Morgan fingerprint density at radius 2 is 2.00 bits per heavy atom. The summed E-state index contributed by atoms with van der Waals surface area (Å²) in [5.74, 6) is -1.06. The molecule has 6 heteroatoms. The normalized spacial score (nSPS) is 11.1. The van der Waals surface area contributed by atoms with E-state index in [-0.39, 0.29) is 5.56 Å². The molecule has 1 amide bonds. The van der Waals surface area contributed by atoms with Gasteiger partial charge in [-0.05, 0) is 38.6 Å². The molecule has 0 radical (unpaired) electrons. The molecule has 0 fully saturated rings. The molecule has 0 atom stereocenters. The molecular weight excluding hydrogens is 242 g/mol. The first-order valence-corrected chi connectivity index (χ1v) is 5.90. The van der Waals surface area contributed by atoms with Crippen LogP contribution < -0.4 is 5.32 Å². The molecule has 0 saturated carbocycles. The van der Waals surface area contributed by atoms with E-state index in [0.717, 1.165) is 0 Å². The number of carbonyl (C=O) groups is 2. The zero-order chi connectivity index (χ0) is 13.2. The summed E-state index contributed by atoms with van der Waals surface area (Å²) >= 11 is 1.17. The lowest BCUT2D eigenvalue weighted by Crippen LogP contribution is -2.27. The highest BCUT2D eigenvalue weighted by molar-refractivity contribution is 7.15. The van der Waals surface area contributed by atoms with Crippen LogP contribution in [0.1, 0.15) is 36.7 Å². The van der Waals surface area contributed by atoms with Crippen molar-refractivity contribution in [3.05, 3.63) is 16.5 Å². The number of ether oxygens (including phenoxy) is 1. The van der Waals surface area contributed by atoms with Gasteiger partial charge in [0.15, 0.2) is 0 Å². The summed E-state index contributed by atoms with van der Waals surface area (Å²) in [5, 5.41) is 13.4. The highest BCUT2D eigenvalue weighted by Crippen LogP contribution is 2.28. The fraction of sp³-hybridized carbons (Fsp3) is 0.455. The monoisotopic (exact) mass is 257 g/mol. The Bertz CT molecular complexity index is 445. The molecule has 94 valence electrons. The van der Waals surface area contributed by atoms with Gasteiger partial charge in [0.1, 0.15) is 10.6 Å². The summed E-state index contributed by atoms with van der Waals surface area (Å²) in [6.45, 7) is 6.90. The summed E-state index contributed by atoms with van der Waals surface area (Å²) in [6, 6.07) is 0. The third kappa shape index (κ3) is 3.74. The van der Waals surface area contributed by atoms with Crippen molar-refractivity contribution in [3.8, 4) is 0 Å². The van der Waals surface area contributed by atoms with Gasteiger partial charge >= 0.3 is 12.1 Å². The number of hydrogen-bond acceptors (Lipinski definition) is 4. The molecular formula is C11H15NO4S. The van der Waals surface area contributed by atoms with Crippen LogP contribution >= 0.6 is 11.3 Å². The molecule has 0 spiro atoms. The Hall–Kier alpha value is -1.56. The standard InChI is InChI=1S/C11H15NO4S/c1-6-5-17-8(7(6)9(13)14)12-10(15)16-11(2,3)4/h5H,1-4H3,(H,12,15)(H,13,14). The van der Waals surface area contributed by atoms with Crippen molar-refractivity contribution in [2.45, 2.75) is 33.3 Å². The summed E-state index contributed by atoms with van der Waals surface area (Å²) in [7, 11) is 0. The highest BCUT2D eigenvalue weighted by Gasteiger charge is 2.21. The van der Waals surface area contributed by atoms with Crippen LogP contribution in [-0.2, 0) is 4.74 Å². The Balaban J connectivity index is 2.83. The van der Waals surface area contributed by atoms with Crippen LogP contribution in [0.25, 0.3) is 0 Å². The van der Waals surface area contributed by atoms with Crippen LogP contribution in [0.5, 0.6) is 0 Å². The number of carbonyl (C=O) groups excluding carboxylic acids is 1. The molecule has 0 aliphatic rings. The number of carboxylic acids is 1. The fourth-order valence-corrected chi connectivity index (χ4v) is 2.12. The molecule has 0 aromatic carbocycles. The first-order chi connectivity index (χ1) is 7.70. The molecule has 5 nitrogen and oxygen atoms in total. The number of rotatable bonds is 2. The van der Waals surface area contributed by atoms with Gasteiger partial charge in [-0.25, -0.2) is 9.59 Å². The SMILES string of the molecule is Cc1csc(NC(=O)OC(C)(C)C)c1C(=O)O. The lowest BCUT2D eigenvalue weighted by atomic mass is 10.2. The summed E-state index contributed by atoms with van der Waals surface area (Å²) in [6.07, 6.45) is -0.651. The quantitative estimate of drug-likeness (QED) is 0.853. The van der Waals surface area contributed by atoms with Crippen LogP contribution in [0.3, 0.4) is 0 Å². The first-order valence-electron chi connectivity index (χ1n) is 5.02. The number of aryl methyl sites for hydroxylation is 1. The molecule has 0 bridgehead atoms. The molecule has 0 saturated heterocycles. The van der Waals surface area contributed by atoms with Crippen molar-refractivity contribution in [1.82, 2.24) is 0 Å². The lowest BCUT2D eigenvalue weighted by Gasteiger charge is -2.19. The van der Waals surface area contributed by atoms with E-state index in [1.54, 1.807) is 33.1 Å². The Morgan fingerprint density at radius 1 is 1.41 bits per heavy atom. The van der Waals surface area contributed by atoms with Gasteiger partial charge in [0, 0.05) is 0 Å². The largest absolute Gasteiger partial charge is 0.478 e. The average molecular weight is 257 g/mol. The zero-order valence-electron chi connectivity index (χ0n) is 10.2. The van der Waals surface area contributed by atoms with E-state index in [0.29, 0.717) is 10.6 Å². The second-order valence-corrected chi connectivity index (χ2v) is 5.43. The van der Waals surface area contributed by atoms with E-state index >= 15 is 0 Å². The second-order valence-electron chi connectivity index (χ2n) is 4.55. The van der Waals surface area contributed by atoms with Gasteiger partial charge in [-0.1, -0.05) is 0 Å². The van der Waals surface area contributed by atoms with Crippen molar-refractivity contribution < 1.29 is 19.4 Å². The minimum Gasteiger partial charge on any atom is -0.478 e. The second kappa shape index (κ2) is 4.75. The summed E-state index contributed by atoms with van der Waals surface area (Å²) in [5.41, 5.74) is 0.120. The first kappa shape index (κ1) is 13.5. The average Bonchev–Trinajstić information content (AvgIpc) is 2.42. The number of amides is 1. The summed E-state index contributed by atoms with van der Waals surface area (Å²) in [4.78, 5) is 22.5. The van der Waals surface area contributed by atoms with Crippen molar-refractivity contribution in [2.24, 2.45) is 0 Å². The molecule has 1 aromatic heterocycles. The zero-order valence-corrected chi connectivity index (χ0v) is 11.0. The number of nitrogens with one attached hydrogen (secondary N) is 1. The van der Waals surface area contributed by atoms with E-state index in [9.17, 15) is 9.59 Å². The molecule has 1 heterocycles. The Kier molecular flexibility index (Phi) is 3.77. The van der Waals surface area contributed by atoms with Crippen molar-refractivity contribution in [3.63, 3.8) is 0 Å². The van der Waals surface area contributed by atoms with E-state index in [1.165, 1.54) is 11.3 Å². The van der Waals surface area contributed by atoms with Crippen molar-refractivity contribution >= 4 is 28.4 Å². The van der Waals surface area contributed by atoms with E-state index in [2.05, 4.69) is 5.32 Å². The molecule has 0 aliphatic heterocycles. The number of thiophene rings is 1. The molecule has 0 aliphatic carbocycles. The lowest BCUT2D eigenvalue weighted by molar-refractivity contribution is 0.0636. The molecule has 17 heavy (non-hydrogen) atoms. The van der Waals surface area contributed by atoms with E-state index < -0.39 is 17.7 Å². The van der Waals surface area contributed by atoms with Gasteiger partial charge in [0.2, 0.25) is 0 Å². The Labute approximate surface area is 103 Å². The molecule has 0 unspecified atom stereocenters. The maximum atomic E-state index is 11.5. The fourth-order valence-electron chi connectivity index (χ4n) is 1.20. The predicted octanol–water partition coefficient (Wildman–Crippen LogP) is 3.10. The van der Waals surface area contributed by atoms with Crippen molar-refractivity contribution in [2.75, 3.05) is 5.32 Å². The number of carboxylic acid groups (broad SMARTS) is 1. The van der Waals surface area contributed by atoms with Gasteiger partial charge in [-0.15, -0.1) is 11.3 Å². The van der Waals surface area contributed by atoms with Crippen LogP contribution in [0.2, 0.25) is 0 Å². The number of anilines is 1. The van der Waals surface area contributed by atoms with Gasteiger partial charge < -0.3 is 9.84 Å². The predicted molar refractivity (Wildman–Crippen MR) is 65.9 cm³/mol. The summed E-state index contributed by atoms with van der Waals surface area (Å²) < 4.78 is 5.05. The van der Waals surface area contributed by atoms with Crippen molar-refractivity contribution in [1.29, 1.82) is 0 Å². The maximum Gasteiger partial charge on any atom is 0.412 e. The van der Waals surface area contributed by atoms with Gasteiger partial charge in [-0.3, -0.25) is 5.32 Å². The molecule has 1 rings (SSSR count). The minimum absolute atomic E-state index is 0.112. The number of aromatic carboxylic acids is 1. The van der Waals surface area contributed by atoms with Crippen LogP contribution in [0.4, 0.5) is 9.80 Å². The van der Waals surface area contributed by atoms with Gasteiger partial charge in [0.25, 0.3) is 0 Å². The maximum absolute atomic E-state index is 11.5. The highest BCUT2D eigenvalue weighted by atomic mass is 32.1. The smallest absolute Gasteiger partial charge is 0.412 e. The topological polar surface area (TPSA) is 75.6 Å². The number of hydrogen-bond donors (Lipinski definition) is 2. The Morgan fingerprint density at radius 3 is 2.47 bits per heavy atom. The van der Waals surface area contributed by atoms with Crippen LogP contribution in [0, 0.1) is 6.92 Å². The van der Waals surface area contributed by atoms with E-state index in [1.807, 2.05) is 0 Å². The van der Waals surface area contributed by atoms with E-state index in [4.69, 9.17) is 9.84 Å². The van der Waals surface area contributed by atoms with Crippen LogP contribution in [0.15, 0.2) is 5.38 Å². The van der Waals surface area contributed by atoms with Gasteiger partial charge in [-0.2, -0.15) is 0 Å². The van der Waals surface area contributed by atoms with Crippen LogP contribution in [-0.4, -0.2) is 22.8 Å². The van der Waals surface area contributed by atoms with Gasteiger partial charge in [0.05, 0.1) is 5.56 Å². The third-order valence-electron chi connectivity index (χ3n) is 1.80.